The minimum atomic E-state index is 0.141. The van der Waals surface area contributed by atoms with Gasteiger partial charge in [-0.3, -0.25) is 9.48 Å². The zero-order valence-electron chi connectivity index (χ0n) is 14.5. The van der Waals surface area contributed by atoms with Gasteiger partial charge in [-0.15, -0.1) is 0 Å². The maximum atomic E-state index is 12.9. The van der Waals surface area contributed by atoms with E-state index in [1.165, 1.54) is 17.7 Å². The maximum absolute atomic E-state index is 12.9. The number of thioether (sulfide) groups is 1. The lowest BCUT2D eigenvalue weighted by molar-refractivity contribution is 0.0763. The molecule has 6 heteroatoms. The second-order valence-corrected chi connectivity index (χ2v) is 7.64. The highest BCUT2D eigenvalue weighted by molar-refractivity contribution is 7.99. The first-order valence-electron chi connectivity index (χ1n) is 8.81. The molecule has 1 aliphatic carbocycles. The first-order chi connectivity index (χ1) is 11.2. The van der Waals surface area contributed by atoms with E-state index in [9.17, 15) is 4.79 Å². The molecule has 1 aliphatic heterocycles. The van der Waals surface area contributed by atoms with Crippen LogP contribution in [0.2, 0.25) is 0 Å². The van der Waals surface area contributed by atoms with Crippen molar-refractivity contribution in [2.45, 2.75) is 39.2 Å². The average Bonchev–Trinajstić information content (AvgIpc) is 2.93. The summed E-state index contributed by atoms with van der Waals surface area (Å²) in [6.45, 7) is 8.30. The van der Waals surface area contributed by atoms with Crippen LogP contribution in [0.3, 0.4) is 0 Å². The molecule has 0 bridgehead atoms. The van der Waals surface area contributed by atoms with Gasteiger partial charge >= 0.3 is 0 Å². The largest absolute Gasteiger partial charge is 0.336 e. The van der Waals surface area contributed by atoms with Crippen LogP contribution >= 0.6 is 11.8 Å². The molecule has 1 amide bonds. The van der Waals surface area contributed by atoms with Crippen molar-refractivity contribution in [1.29, 1.82) is 0 Å². The molecule has 0 spiro atoms. The van der Waals surface area contributed by atoms with Crippen LogP contribution in [-0.4, -0.2) is 69.2 Å². The highest BCUT2D eigenvalue weighted by Gasteiger charge is 2.32. The molecule has 2 heterocycles. The predicted molar refractivity (Wildman–Crippen MR) is 95.2 cm³/mol. The molecule has 1 unspecified atom stereocenters. The summed E-state index contributed by atoms with van der Waals surface area (Å²) < 4.78 is 1.94. The number of carbonyl (C=O) groups excluding carboxylic acids is 1. The number of amides is 1. The van der Waals surface area contributed by atoms with E-state index in [-0.39, 0.29) is 5.91 Å². The number of aromatic nitrogens is 2. The third-order valence-corrected chi connectivity index (χ3v) is 6.20. The summed E-state index contributed by atoms with van der Waals surface area (Å²) in [5, 5.41) is 4.61. The summed E-state index contributed by atoms with van der Waals surface area (Å²) in [4.78, 5) is 17.4. The number of aryl methyl sites for hydroxylation is 1. The Labute approximate surface area is 143 Å². The molecule has 1 aromatic rings. The van der Waals surface area contributed by atoms with Crippen LogP contribution in [0, 0.1) is 0 Å². The molecule has 1 saturated heterocycles. The Morgan fingerprint density at radius 3 is 2.65 bits per heavy atom. The molecule has 128 valence electrons. The number of hydrogen-bond acceptors (Lipinski definition) is 4. The lowest BCUT2D eigenvalue weighted by atomic mass is 9.90. The van der Waals surface area contributed by atoms with Crippen molar-refractivity contribution in [1.82, 2.24) is 19.6 Å². The summed E-state index contributed by atoms with van der Waals surface area (Å²) in [6, 6.07) is 0.546. The van der Waals surface area contributed by atoms with Gasteiger partial charge in [0.25, 0.3) is 5.91 Å². The molecule has 5 nitrogen and oxygen atoms in total. The smallest absolute Gasteiger partial charge is 0.274 e. The van der Waals surface area contributed by atoms with Crippen LogP contribution in [-0.2, 0) is 19.9 Å². The highest BCUT2D eigenvalue weighted by atomic mass is 32.2. The van der Waals surface area contributed by atoms with Gasteiger partial charge in [-0.1, -0.05) is 13.8 Å². The first-order valence-corrected chi connectivity index (χ1v) is 9.97. The monoisotopic (exact) mass is 336 g/mol. The van der Waals surface area contributed by atoms with Crippen LogP contribution in [0.1, 0.15) is 42.0 Å². The summed E-state index contributed by atoms with van der Waals surface area (Å²) in [7, 11) is 1.99. The topological polar surface area (TPSA) is 41.4 Å². The van der Waals surface area contributed by atoms with Crippen molar-refractivity contribution in [2.24, 2.45) is 7.05 Å². The Morgan fingerprint density at radius 1 is 1.30 bits per heavy atom. The van der Waals surface area contributed by atoms with Gasteiger partial charge in [-0.05, 0) is 32.4 Å². The lowest BCUT2D eigenvalue weighted by Gasteiger charge is -2.33. The van der Waals surface area contributed by atoms with Crippen molar-refractivity contribution in [3.8, 4) is 0 Å². The van der Waals surface area contributed by atoms with E-state index in [1.54, 1.807) is 0 Å². The van der Waals surface area contributed by atoms with Crippen LogP contribution in [0.5, 0.6) is 0 Å². The van der Waals surface area contributed by atoms with Crippen LogP contribution in [0.4, 0.5) is 0 Å². The summed E-state index contributed by atoms with van der Waals surface area (Å²) in [5.41, 5.74) is 3.19. The summed E-state index contributed by atoms with van der Waals surface area (Å²) in [6.07, 6.45) is 3.17. The van der Waals surface area contributed by atoms with Gasteiger partial charge in [0.1, 0.15) is 0 Å². The molecule has 0 radical (unpaired) electrons. The van der Waals surface area contributed by atoms with Gasteiger partial charge in [-0.25, -0.2) is 0 Å². The van der Waals surface area contributed by atoms with Crippen LogP contribution in [0.15, 0.2) is 0 Å². The molecule has 0 N–H and O–H groups in total. The Bertz CT molecular complexity index is 561. The molecular weight excluding hydrogens is 308 g/mol. The Morgan fingerprint density at radius 2 is 2.00 bits per heavy atom. The normalized spacial score (nSPS) is 21.6. The van der Waals surface area contributed by atoms with Crippen LogP contribution < -0.4 is 0 Å². The number of rotatable bonds is 4. The van der Waals surface area contributed by atoms with Gasteiger partial charge in [-0.2, -0.15) is 16.9 Å². The third-order valence-electron chi connectivity index (χ3n) is 5.26. The van der Waals surface area contributed by atoms with Gasteiger partial charge < -0.3 is 9.80 Å². The van der Waals surface area contributed by atoms with Gasteiger partial charge in [0.2, 0.25) is 0 Å². The number of nitrogens with zero attached hydrogens (tertiary/aromatic N) is 4. The molecule has 2 aliphatic rings. The molecule has 0 saturated carbocycles. The van der Waals surface area contributed by atoms with E-state index in [4.69, 9.17) is 0 Å². The van der Waals surface area contributed by atoms with E-state index >= 15 is 0 Å². The average molecular weight is 337 g/mol. The summed E-state index contributed by atoms with van der Waals surface area (Å²) >= 11 is 1.93. The molecular formula is C17H28N4OS. The van der Waals surface area contributed by atoms with Crippen molar-refractivity contribution in [3.63, 3.8) is 0 Å². The third kappa shape index (κ3) is 3.29. The maximum Gasteiger partial charge on any atom is 0.274 e. The quantitative estimate of drug-likeness (QED) is 0.841. The fraction of sp³-hybridized carbons (Fsp3) is 0.765. The van der Waals surface area contributed by atoms with Crippen molar-refractivity contribution < 1.29 is 4.79 Å². The Hall–Kier alpha value is -1.01. The van der Waals surface area contributed by atoms with Crippen molar-refractivity contribution in [3.05, 3.63) is 17.0 Å². The zero-order chi connectivity index (χ0) is 16.4. The first kappa shape index (κ1) is 16.8. The van der Waals surface area contributed by atoms with E-state index in [2.05, 4.69) is 23.8 Å². The Kier molecular flexibility index (Phi) is 5.31. The molecule has 23 heavy (non-hydrogen) atoms. The number of hydrogen-bond donors (Lipinski definition) is 0. The van der Waals surface area contributed by atoms with Crippen LogP contribution in [0.25, 0.3) is 0 Å². The minimum absolute atomic E-state index is 0.141. The second-order valence-electron chi connectivity index (χ2n) is 6.42. The van der Waals surface area contributed by atoms with Gasteiger partial charge in [0, 0.05) is 48.9 Å². The predicted octanol–water partition coefficient (Wildman–Crippen LogP) is 1.81. The minimum Gasteiger partial charge on any atom is -0.336 e. The molecule has 3 rings (SSSR count). The van der Waals surface area contributed by atoms with E-state index < -0.39 is 0 Å². The lowest BCUT2D eigenvalue weighted by Crippen LogP contribution is -2.41. The number of fused-ring (bicyclic) bond motifs is 1. The fourth-order valence-corrected chi connectivity index (χ4v) is 4.81. The molecule has 1 fully saturated rings. The van der Waals surface area contributed by atoms with Gasteiger partial charge in [0.05, 0.1) is 0 Å². The standard InChI is InChI=1S/C17H28N4OS/c1-4-20(5-2)13-6-7-15-14(12-13)16(18-19(15)3)17(22)21-8-10-23-11-9-21/h13H,4-12H2,1-3H3. The van der Waals surface area contributed by atoms with Gasteiger partial charge in [0.15, 0.2) is 5.69 Å². The van der Waals surface area contributed by atoms with E-state index in [0.29, 0.717) is 11.7 Å². The van der Waals surface area contributed by atoms with E-state index in [0.717, 1.165) is 50.5 Å². The Balaban J connectivity index is 1.84. The second kappa shape index (κ2) is 7.26. The highest BCUT2D eigenvalue weighted by Crippen LogP contribution is 2.28. The van der Waals surface area contributed by atoms with E-state index in [1.807, 2.05) is 28.4 Å². The molecule has 0 aromatic carbocycles. The summed E-state index contributed by atoms with van der Waals surface area (Å²) in [5.74, 6) is 2.23. The number of likely N-dealkylation sites (N-methyl/N-ethyl adjacent to an activating group) is 1. The zero-order valence-corrected chi connectivity index (χ0v) is 15.4. The van der Waals surface area contributed by atoms with Crippen molar-refractivity contribution >= 4 is 17.7 Å². The fourth-order valence-electron chi connectivity index (χ4n) is 3.91. The number of carbonyl (C=O) groups is 1. The van der Waals surface area contributed by atoms with Crippen molar-refractivity contribution in [2.75, 3.05) is 37.7 Å². The molecule has 1 aromatic heterocycles. The SMILES string of the molecule is CCN(CC)C1CCc2c(c(C(=O)N3CCSCC3)nn2C)C1. The molecule has 1 atom stereocenters.